The lowest BCUT2D eigenvalue weighted by Gasteiger charge is -2.34. The molecule has 2 aliphatic heterocycles. The first-order valence-corrected chi connectivity index (χ1v) is 7.62. The van der Waals surface area contributed by atoms with Gasteiger partial charge in [0.2, 0.25) is 10.0 Å². The number of hydrogen-bond donors (Lipinski definition) is 1. The van der Waals surface area contributed by atoms with Crippen LogP contribution in [0.5, 0.6) is 0 Å². The van der Waals surface area contributed by atoms with Gasteiger partial charge in [0, 0.05) is 25.3 Å². The molecule has 100 valence electrons. The van der Waals surface area contributed by atoms with Crippen molar-refractivity contribution in [2.24, 2.45) is 0 Å². The van der Waals surface area contributed by atoms with Gasteiger partial charge in [0.1, 0.15) is 0 Å². The molecule has 5 nitrogen and oxygen atoms in total. The SMILES string of the molecule is CC1(C)CC(O)CN1S(=O)(=O)C1CCOCC1. The van der Waals surface area contributed by atoms with Crippen LogP contribution in [0.3, 0.4) is 0 Å². The standard InChI is InChI=1S/C11H21NO4S/c1-11(2)7-9(13)8-12(11)17(14,15)10-3-5-16-6-4-10/h9-10,13H,3-8H2,1-2H3. The first kappa shape index (κ1) is 13.3. The maximum absolute atomic E-state index is 12.5. The van der Waals surface area contributed by atoms with Gasteiger partial charge in [0.25, 0.3) is 0 Å². The van der Waals surface area contributed by atoms with Crippen molar-refractivity contribution in [3.63, 3.8) is 0 Å². The van der Waals surface area contributed by atoms with Crippen LogP contribution < -0.4 is 0 Å². The highest BCUT2D eigenvalue weighted by atomic mass is 32.2. The molecule has 1 unspecified atom stereocenters. The number of β-amino-alcohol motifs (C(OH)–C–C–N with tert-alkyl or cyclic N) is 1. The summed E-state index contributed by atoms with van der Waals surface area (Å²) in [6, 6.07) is 0. The molecule has 2 rings (SSSR count). The zero-order valence-electron chi connectivity index (χ0n) is 10.4. The molecule has 2 aliphatic rings. The van der Waals surface area contributed by atoms with Crippen LogP contribution in [0.4, 0.5) is 0 Å². The number of aliphatic hydroxyl groups is 1. The molecule has 6 heteroatoms. The van der Waals surface area contributed by atoms with Crippen LogP contribution in [-0.4, -0.2) is 54.5 Å². The normalized spacial score (nSPS) is 31.8. The predicted molar refractivity (Wildman–Crippen MR) is 64.2 cm³/mol. The fourth-order valence-corrected chi connectivity index (χ4v) is 5.07. The lowest BCUT2D eigenvalue weighted by atomic mass is 10.0. The van der Waals surface area contributed by atoms with Gasteiger partial charge in [0.05, 0.1) is 11.4 Å². The minimum atomic E-state index is -3.31. The topological polar surface area (TPSA) is 66.8 Å². The number of aliphatic hydroxyl groups excluding tert-OH is 1. The summed E-state index contributed by atoms with van der Waals surface area (Å²) in [5.41, 5.74) is -0.476. The van der Waals surface area contributed by atoms with Crippen LogP contribution in [-0.2, 0) is 14.8 Å². The Morgan fingerprint density at radius 2 is 1.88 bits per heavy atom. The Labute approximate surface area is 103 Å². The Kier molecular flexibility index (Phi) is 3.51. The summed E-state index contributed by atoms with van der Waals surface area (Å²) < 4.78 is 31.7. The minimum Gasteiger partial charge on any atom is -0.392 e. The highest BCUT2D eigenvalue weighted by Crippen LogP contribution is 2.34. The van der Waals surface area contributed by atoms with Crippen molar-refractivity contribution >= 4 is 10.0 Å². The number of rotatable bonds is 2. The maximum atomic E-state index is 12.5. The van der Waals surface area contributed by atoms with Crippen LogP contribution >= 0.6 is 0 Å². The van der Waals surface area contributed by atoms with Crippen LogP contribution in [0, 0.1) is 0 Å². The summed E-state index contributed by atoms with van der Waals surface area (Å²) in [7, 11) is -3.31. The molecule has 17 heavy (non-hydrogen) atoms. The van der Waals surface area contributed by atoms with Gasteiger partial charge in [0.15, 0.2) is 0 Å². The molecule has 1 atom stereocenters. The minimum absolute atomic E-state index is 0.229. The van der Waals surface area contributed by atoms with E-state index in [-0.39, 0.29) is 11.8 Å². The smallest absolute Gasteiger partial charge is 0.217 e. The highest BCUT2D eigenvalue weighted by Gasteiger charge is 2.47. The molecule has 0 amide bonds. The third-order valence-electron chi connectivity index (χ3n) is 3.68. The van der Waals surface area contributed by atoms with E-state index >= 15 is 0 Å². The molecule has 0 bridgehead atoms. The Hall–Kier alpha value is -0.170. The summed E-state index contributed by atoms with van der Waals surface area (Å²) in [6.45, 7) is 5.01. The Bertz CT molecular complexity index is 373. The molecule has 2 heterocycles. The van der Waals surface area contributed by atoms with E-state index < -0.39 is 21.7 Å². The summed E-state index contributed by atoms with van der Waals surface area (Å²) in [5.74, 6) is 0. The Balaban J connectivity index is 2.20. The second-order valence-corrected chi connectivity index (χ2v) is 7.70. The first-order valence-electron chi connectivity index (χ1n) is 6.11. The third-order valence-corrected chi connectivity index (χ3v) is 6.26. The van der Waals surface area contributed by atoms with Gasteiger partial charge in [-0.2, -0.15) is 4.31 Å². The van der Waals surface area contributed by atoms with E-state index in [1.807, 2.05) is 13.8 Å². The summed E-state index contributed by atoms with van der Waals surface area (Å²) in [6.07, 6.45) is 1.09. The van der Waals surface area contributed by atoms with E-state index in [1.54, 1.807) is 0 Å². The van der Waals surface area contributed by atoms with Crippen molar-refractivity contribution in [3.8, 4) is 0 Å². The molecule has 2 fully saturated rings. The average molecular weight is 263 g/mol. The number of hydrogen-bond acceptors (Lipinski definition) is 4. The second-order valence-electron chi connectivity index (χ2n) is 5.56. The van der Waals surface area contributed by atoms with Crippen LogP contribution in [0.15, 0.2) is 0 Å². The van der Waals surface area contributed by atoms with Crippen molar-refractivity contribution in [2.45, 2.75) is 50.0 Å². The first-order chi connectivity index (χ1) is 7.84. The molecule has 0 aromatic rings. The third kappa shape index (κ3) is 2.50. The fourth-order valence-electron chi connectivity index (χ4n) is 2.78. The maximum Gasteiger partial charge on any atom is 0.217 e. The van der Waals surface area contributed by atoms with E-state index in [0.29, 0.717) is 32.5 Å². The molecule has 1 N–H and O–H groups in total. The lowest BCUT2D eigenvalue weighted by Crippen LogP contribution is -2.48. The molecule has 0 aliphatic carbocycles. The second kappa shape index (κ2) is 4.50. The van der Waals surface area contributed by atoms with Gasteiger partial charge >= 0.3 is 0 Å². The summed E-state index contributed by atoms with van der Waals surface area (Å²) in [4.78, 5) is 0. The van der Waals surface area contributed by atoms with E-state index in [4.69, 9.17) is 4.74 Å². The fraction of sp³-hybridized carbons (Fsp3) is 1.00. The molecule has 2 saturated heterocycles. The Morgan fingerprint density at radius 3 is 2.35 bits per heavy atom. The predicted octanol–water partition coefficient (Wildman–Crippen LogP) is 0.340. The molecule has 0 radical (unpaired) electrons. The van der Waals surface area contributed by atoms with Gasteiger partial charge in [-0.3, -0.25) is 0 Å². The molecule has 0 aromatic heterocycles. The van der Waals surface area contributed by atoms with E-state index in [1.165, 1.54) is 4.31 Å². The largest absolute Gasteiger partial charge is 0.392 e. The van der Waals surface area contributed by atoms with E-state index in [2.05, 4.69) is 0 Å². The molecular formula is C11H21NO4S. The van der Waals surface area contributed by atoms with Gasteiger partial charge in [-0.1, -0.05) is 0 Å². The molecule has 0 saturated carbocycles. The average Bonchev–Trinajstić information content (AvgIpc) is 2.54. The van der Waals surface area contributed by atoms with Crippen molar-refractivity contribution in [3.05, 3.63) is 0 Å². The van der Waals surface area contributed by atoms with Gasteiger partial charge in [-0.05, 0) is 33.1 Å². The van der Waals surface area contributed by atoms with Gasteiger partial charge in [-0.15, -0.1) is 0 Å². The van der Waals surface area contributed by atoms with E-state index in [0.717, 1.165) is 0 Å². The quantitative estimate of drug-likeness (QED) is 0.780. The zero-order chi connectivity index (χ0) is 12.7. The van der Waals surface area contributed by atoms with Crippen LogP contribution in [0.2, 0.25) is 0 Å². The molecule has 0 aromatic carbocycles. The van der Waals surface area contributed by atoms with Gasteiger partial charge in [-0.25, -0.2) is 8.42 Å². The molecular weight excluding hydrogens is 242 g/mol. The van der Waals surface area contributed by atoms with Crippen molar-refractivity contribution in [1.29, 1.82) is 0 Å². The van der Waals surface area contributed by atoms with Gasteiger partial charge < -0.3 is 9.84 Å². The summed E-state index contributed by atoms with van der Waals surface area (Å²) in [5, 5.41) is 9.32. The summed E-state index contributed by atoms with van der Waals surface area (Å²) >= 11 is 0. The lowest BCUT2D eigenvalue weighted by molar-refractivity contribution is 0.0964. The zero-order valence-corrected chi connectivity index (χ0v) is 11.2. The van der Waals surface area contributed by atoms with Crippen LogP contribution in [0.1, 0.15) is 33.1 Å². The number of sulfonamides is 1. The number of ether oxygens (including phenoxy) is 1. The highest BCUT2D eigenvalue weighted by molar-refractivity contribution is 7.89. The van der Waals surface area contributed by atoms with Crippen molar-refractivity contribution in [2.75, 3.05) is 19.8 Å². The van der Waals surface area contributed by atoms with Crippen molar-refractivity contribution in [1.82, 2.24) is 4.31 Å². The van der Waals surface area contributed by atoms with Crippen molar-refractivity contribution < 1.29 is 18.3 Å². The number of nitrogens with zero attached hydrogens (tertiary/aromatic N) is 1. The monoisotopic (exact) mass is 263 g/mol. The Morgan fingerprint density at radius 1 is 1.29 bits per heavy atom. The van der Waals surface area contributed by atoms with E-state index in [9.17, 15) is 13.5 Å². The molecule has 0 spiro atoms. The van der Waals surface area contributed by atoms with Crippen LogP contribution in [0.25, 0.3) is 0 Å².